The van der Waals surface area contributed by atoms with Crippen LogP contribution in [0.2, 0.25) is 0 Å². The van der Waals surface area contributed by atoms with E-state index in [1.807, 2.05) is 30.3 Å². The minimum absolute atomic E-state index is 0.138. The maximum atomic E-state index is 12.2. The molecule has 0 bridgehead atoms. The number of aromatic nitrogens is 3. The van der Waals surface area contributed by atoms with E-state index in [0.717, 1.165) is 18.5 Å². The van der Waals surface area contributed by atoms with Crippen molar-refractivity contribution < 1.29 is 9.59 Å². The van der Waals surface area contributed by atoms with Gasteiger partial charge in [0.15, 0.2) is 5.69 Å². The lowest BCUT2D eigenvalue weighted by Crippen LogP contribution is -2.45. The van der Waals surface area contributed by atoms with Crippen molar-refractivity contribution in [1.82, 2.24) is 25.6 Å². The fourth-order valence-electron chi connectivity index (χ4n) is 2.36. The van der Waals surface area contributed by atoms with Gasteiger partial charge in [-0.15, -0.1) is 5.10 Å². The summed E-state index contributed by atoms with van der Waals surface area (Å²) in [6.07, 6.45) is 3.88. The second-order valence-electron chi connectivity index (χ2n) is 5.17. The summed E-state index contributed by atoms with van der Waals surface area (Å²) in [7, 11) is 0. The molecule has 0 aliphatic carbocycles. The SMILES string of the molecule is O=C(N[C@@H]1CCCCNC1=O)c1cnn(-c2ccccc2)n1. The minimum Gasteiger partial charge on any atom is -0.354 e. The highest BCUT2D eigenvalue weighted by Crippen LogP contribution is 2.07. The summed E-state index contributed by atoms with van der Waals surface area (Å²) < 4.78 is 0. The van der Waals surface area contributed by atoms with Gasteiger partial charge in [-0.25, -0.2) is 0 Å². The van der Waals surface area contributed by atoms with Gasteiger partial charge in [0.05, 0.1) is 11.9 Å². The van der Waals surface area contributed by atoms with Crippen molar-refractivity contribution >= 4 is 11.8 Å². The summed E-state index contributed by atoms with van der Waals surface area (Å²) in [5.74, 6) is -0.523. The summed E-state index contributed by atoms with van der Waals surface area (Å²) in [5.41, 5.74) is 0.967. The van der Waals surface area contributed by atoms with E-state index < -0.39 is 6.04 Å². The highest BCUT2D eigenvalue weighted by Gasteiger charge is 2.24. The molecule has 0 saturated carbocycles. The molecule has 1 aromatic carbocycles. The van der Waals surface area contributed by atoms with E-state index in [4.69, 9.17) is 0 Å². The number of para-hydroxylation sites is 1. The van der Waals surface area contributed by atoms with Crippen LogP contribution in [0.5, 0.6) is 0 Å². The molecule has 3 rings (SSSR count). The fourth-order valence-corrected chi connectivity index (χ4v) is 2.36. The smallest absolute Gasteiger partial charge is 0.274 e. The molecule has 7 nitrogen and oxygen atoms in total. The van der Waals surface area contributed by atoms with Crippen LogP contribution in [0.3, 0.4) is 0 Å². The van der Waals surface area contributed by atoms with Gasteiger partial charge >= 0.3 is 0 Å². The van der Waals surface area contributed by atoms with Crippen molar-refractivity contribution in [3.63, 3.8) is 0 Å². The van der Waals surface area contributed by atoms with Crippen LogP contribution in [-0.4, -0.2) is 39.4 Å². The number of nitrogens with one attached hydrogen (secondary N) is 2. The van der Waals surface area contributed by atoms with Gasteiger partial charge in [-0.1, -0.05) is 18.2 Å². The molecule has 114 valence electrons. The van der Waals surface area contributed by atoms with Crippen molar-refractivity contribution in [2.45, 2.75) is 25.3 Å². The minimum atomic E-state index is -0.503. The predicted molar refractivity (Wildman–Crippen MR) is 79.5 cm³/mol. The van der Waals surface area contributed by atoms with Crippen LogP contribution in [-0.2, 0) is 4.79 Å². The third-order valence-electron chi connectivity index (χ3n) is 3.55. The number of hydrogen-bond donors (Lipinski definition) is 2. The van der Waals surface area contributed by atoms with Gasteiger partial charge in [-0.3, -0.25) is 9.59 Å². The largest absolute Gasteiger partial charge is 0.354 e. The second kappa shape index (κ2) is 6.38. The molecule has 2 N–H and O–H groups in total. The lowest BCUT2D eigenvalue weighted by molar-refractivity contribution is -0.122. The van der Waals surface area contributed by atoms with Crippen molar-refractivity contribution in [3.8, 4) is 5.69 Å². The Morgan fingerprint density at radius 3 is 2.91 bits per heavy atom. The number of amides is 2. The number of benzene rings is 1. The number of rotatable bonds is 3. The lowest BCUT2D eigenvalue weighted by atomic mass is 10.1. The van der Waals surface area contributed by atoms with Crippen LogP contribution in [0.25, 0.3) is 5.69 Å². The maximum absolute atomic E-state index is 12.2. The van der Waals surface area contributed by atoms with Crippen molar-refractivity contribution in [3.05, 3.63) is 42.2 Å². The molecule has 1 aromatic heterocycles. The van der Waals surface area contributed by atoms with Gasteiger partial charge in [-0.05, 0) is 31.4 Å². The summed E-state index contributed by atoms with van der Waals surface area (Å²) in [6.45, 7) is 0.662. The Balaban J connectivity index is 1.70. The molecule has 2 aromatic rings. The number of carbonyl (C=O) groups excluding carboxylic acids is 2. The molecule has 1 aliphatic heterocycles. The van der Waals surface area contributed by atoms with E-state index in [9.17, 15) is 9.59 Å². The average Bonchev–Trinajstić information content (AvgIpc) is 2.96. The van der Waals surface area contributed by atoms with Crippen LogP contribution in [0, 0.1) is 0 Å². The molecular formula is C15H17N5O2. The Morgan fingerprint density at radius 1 is 1.27 bits per heavy atom. The maximum Gasteiger partial charge on any atom is 0.274 e. The Kier molecular flexibility index (Phi) is 4.13. The fraction of sp³-hybridized carbons (Fsp3) is 0.333. The van der Waals surface area contributed by atoms with Crippen molar-refractivity contribution in [1.29, 1.82) is 0 Å². The van der Waals surface area contributed by atoms with Crippen LogP contribution in [0.15, 0.2) is 36.5 Å². The molecule has 2 amide bonds. The molecular weight excluding hydrogens is 282 g/mol. The van der Waals surface area contributed by atoms with Crippen LogP contribution < -0.4 is 10.6 Å². The third kappa shape index (κ3) is 3.13. The standard InChI is InChI=1S/C15H17N5O2/c21-14-12(8-4-5-9-16-14)18-15(22)13-10-17-20(19-13)11-6-2-1-3-7-11/h1-3,6-7,10,12H,4-5,8-9H2,(H,16,21)(H,18,22)/t12-/m1/s1. The monoisotopic (exact) mass is 299 g/mol. The van der Waals surface area contributed by atoms with E-state index >= 15 is 0 Å². The Hall–Kier alpha value is -2.70. The quantitative estimate of drug-likeness (QED) is 0.871. The number of nitrogens with zero attached hydrogens (tertiary/aromatic N) is 3. The molecule has 0 unspecified atom stereocenters. The van der Waals surface area contributed by atoms with E-state index in [1.165, 1.54) is 11.0 Å². The molecule has 0 radical (unpaired) electrons. The predicted octanol–water partition coefficient (Wildman–Crippen LogP) is 0.666. The first-order valence-corrected chi connectivity index (χ1v) is 7.30. The molecule has 0 spiro atoms. The summed E-state index contributed by atoms with van der Waals surface area (Å²) in [4.78, 5) is 25.4. The molecule has 2 heterocycles. The van der Waals surface area contributed by atoms with Gasteiger partial charge < -0.3 is 10.6 Å². The normalized spacial score (nSPS) is 18.4. The average molecular weight is 299 g/mol. The zero-order chi connectivity index (χ0) is 15.4. The summed E-state index contributed by atoms with van der Waals surface area (Å²) >= 11 is 0. The van der Waals surface area contributed by atoms with Crippen molar-refractivity contribution in [2.24, 2.45) is 0 Å². The molecule has 1 saturated heterocycles. The summed E-state index contributed by atoms with van der Waals surface area (Å²) in [5, 5.41) is 13.7. The van der Waals surface area contributed by atoms with Crippen LogP contribution >= 0.6 is 0 Å². The molecule has 22 heavy (non-hydrogen) atoms. The van der Waals surface area contributed by atoms with Gasteiger partial charge in [0, 0.05) is 6.54 Å². The lowest BCUT2D eigenvalue weighted by Gasteiger charge is -2.13. The third-order valence-corrected chi connectivity index (χ3v) is 3.55. The highest BCUT2D eigenvalue weighted by molar-refractivity contribution is 5.95. The molecule has 1 aliphatic rings. The Morgan fingerprint density at radius 2 is 2.09 bits per heavy atom. The van der Waals surface area contributed by atoms with Gasteiger partial charge in [-0.2, -0.15) is 9.90 Å². The first-order valence-electron chi connectivity index (χ1n) is 7.30. The first-order chi connectivity index (χ1) is 10.7. The van der Waals surface area contributed by atoms with E-state index in [2.05, 4.69) is 20.8 Å². The van der Waals surface area contributed by atoms with Gasteiger partial charge in [0.1, 0.15) is 6.04 Å². The van der Waals surface area contributed by atoms with Crippen LogP contribution in [0.1, 0.15) is 29.8 Å². The van der Waals surface area contributed by atoms with Crippen molar-refractivity contribution in [2.75, 3.05) is 6.54 Å². The summed E-state index contributed by atoms with van der Waals surface area (Å²) in [6, 6.07) is 8.83. The zero-order valence-corrected chi connectivity index (χ0v) is 12.0. The molecule has 7 heteroatoms. The van der Waals surface area contributed by atoms with E-state index in [-0.39, 0.29) is 17.5 Å². The number of hydrogen-bond acceptors (Lipinski definition) is 4. The molecule has 1 atom stereocenters. The first kappa shape index (κ1) is 14.2. The van der Waals surface area contributed by atoms with Gasteiger partial charge in [0.2, 0.25) is 5.91 Å². The van der Waals surface area contributed by atoms with Gasteiger partial charge in [0.25, 0.3) is 5.91 Å². The molecule has 1 fully saturated rings. The second-order valence-corrected chi connectivity index (χ2v) is 5.17. The zero-order valence-electron chi connectivity index (χ0n) is 12.0. The Bertz CT molecular complexity index is 668. The van der Waals surface area contributed by atoms with E-state index in [1.54, 1.807) is 0 Å². The topological polar surface area (TPSA) is 88.9 Å². The number of carbonyl (C=O) groups is 2. The van der Waals surface area contributed by atoms with Crippen LogP contribution in [0.4, 0.5) is 0 Å². The highest BCUT2D eigenvalue weighted by atomic mass is 16.2. The Labute approximate surface area is 127 Å². The van der Waals surface area contributed by atoms with E-state index in [0.29, 0.717) is 13.0 Å².